The summed E-state index contributed by atoms with van der Waals surface area (Å²) in [6.45, 7) is 2.39. The number of ether oxygens (including phenoxy) is 2. The van der Waals surface area contributed by atoms with Gasteiger partial charge in [-0.05, 0) is 18.4 Å². The van der Waals surface area contributed by atoms with Crippen LogP contribution in [0, 0.1) is 0 Å². The lowest BCUT2D eigenvalue weighted by Crippen LogP contribution is -2.13. The van der Waals surface area contributed by atoms with Gasteiger partial charge in [-0.15, -0.1) is 0 Å². The van der Waals surface area contributed by atoms with E-state index in [4.69, 9.17) is 14.6 Å². The van der Waals surface area contributed by atoms with Crippen molar-refractivity contribution < 1.29 is 14.6 Å². The Hall–Kier alpha value is -1.58. The normalized spacial score (nSPS) is 12.6. The Morgan fingerprint density at radius 3 is 2.65 bits per heavy atom. The van der Waals surface area contributed by atoms with Crippen molar-refractivity contribution in [2.24, 2.45) is 0 Å². The molecule has 0 aromatic heterocycles. The number of hydrogen-bond donors (Lipinski definition) is 1. The molecule has 2 aromatic rings. The molecule has 1 N–H and O–H groups in total. The predicted molar refractivity (Wildman–Crippen MR) is 67.1 cm³/mol. The van der Waals surface area contributed by atoms with Crippen molar-refractivity contribution in [3.63, 3.8) is 0 Å². The van der Waals surface area contributed by atoms with Gasteiger partial charge in [-0.2, -0.15) is 0 Å². The monoisotopic (exact) mass is 232 g/mol. The summed E-state index contributed by atoms with van der Waals surface area (Å²) in [7, 11) is 0. The Morgan fingerprint density at radius 1 is 1.06 bits per heavy atom. The molecular weight excluding hydrogens is 216 g/mol. The van der Waals surface area contributed by atoms with Gasteiger partial charge in [-0.25, -0.2) is 0 Å². The van der Waals surface area contributed by atoms with Crippen LogP contribution in [0.4, 0.5) is 0 Å². The SMILES string of the molecule is CC(O)OCCOc1cccc2ccccc12. The number of aliphatic hydroxyl groups is 1. The Kier molecular flexibility index (Phi) is 3.96. The topological polar surface area (TPSA) is 38.7 Å². The van der Waals surface area contributed by atoms with Gasteiger partial charge < -0.3 is 14.6 Å². The van der Waals surface area contributed by atoms with Crippen molar-refractivity contribution in [1.29, 1.82) is 0 Å². The zero-order valence-corrected chi connectivity index (χ0v) is 9.80. The van der Waals surface area contributed by atoms with Crippen molar-refractivity contribution in [3.05, 3.63) is 42.5 Å². The first-order valence-corrected chi connectivity index (χ1v) is 5.67. The summed E-state index contributed by atoms with van der Waals surface area (Å²) in [5, 5.41) is 11.2. The highest BCUT2D eigenvalue weighted by atomic mass is 16.6. The molecule has 0 heterocycles. The van der Waals surface area contributed by atoms with Crippen molar-refractivity contribution >= 4 is 10.8 Å². The summed E-state index contributed by atoms with van der Waals surface area (Å²) in [6.07, 6.45) is -0.744. The molecule has 0 saturated carbocycles. The van der Waals surface area contributed by atoms with Gasteiger partial charge in [0.05, 0.1) is 6.61 Å². The van der Waals surface area contributed by atoms with E-state index in [-0.39, 0.29) is 0 Å². The molecule has 0 bridgehead atoms. The second-order valence-electron chi connectivity index (χ2n) is 3.80. The maximum atomic E-state index is 8.94. The van der Waals surface area contributed by atoms with Crippen LogP contribution in [0.15, 0.2) is 42.5 Å². The second-order valence-corrected chi connectivity index (χ2v) is 3.80. The Labute approximate surface area is 101 Å². The lowest BCUT2D eigenvalue weighted by molar-refractivity contribution is -0.0912. The molecule has 0 aliphatic heterocycles. The molecule has 0 aliphatic carbocycles. The van der Waals surface area contributed by atoms with E-state index in [0.29, 0.717) is 13.2 Å². The molecule has 0 saturated heterocycles. The molecule has 2 rings (SSSR count). The van der Waals surface area contributed by atoms with E-state index in [1.165, 1.54) is 0 Å². The summed E-state index contributed by atoms with van der Waals surface area (Å²) in [4.78, 5) is 0. The first kappa shape index (κ1) is 11.9. The Balaban J connectivity index is 2.03. The smallest absolute Gasteiger partial charge is 0.151 e. The van der Waals surface area contributed by atoms with Crippen LogP contribution in [-0.4, -0.2) is 24.6 Å². The highest BCUT2D eigenvalue weighted by molar-refractivity contribution is 5.88. The Bertz CT molecular complexity index is 474. The van der Waals surface area contributed by atoms with Crippen LogP contribution in [0.2, 0.25) is 0 Å². The van der Waals surface area contributed by atoms with Gasteiger partial charge in [-0.1, -0.05) is 36.4 Å². The van der Waals surface area contributed by atoms with Crippen LogP contribution >= 0.6 is 0 Å². The molecule has 2 aromatic carbocycles. The van der Waals surface area contributed by atoms with Crippen LogP contribution in [0.25, 0.3) is 10.8 Å². The van der Waals surface area contributed by atoms with Crippen LogP contribution < -0.4 is 4.74 Å². The third kappa shape index (κ3) is 3.19. The van der Waals surface area contributed by atoms with E-state index in [0.717, 1.165) is 16.5 Å². The second kappa shape index (κ2) is 5.66. The van der Waals surface area contributed by atoms with Gasteiger partial charge in [0, 0.05) is 5.39 Å². The van der Waals surface area contributed by atoms with E-state index >= 15 is 0 Å². The van der Waals surface area contributed by atoms with E-state index in [2.05, 4.69) is 12.1 Å². The fourth-order valence-electron chi connectivity index (χ4n) is 1.69. The molecule has 90 valence electrons. The van der Waals surface area contributed by atoms with Crippen LogP contribution in [0.3, 0.4) is 0 Å². The largest absolute Gasteiger partial charge is 0.491 e. The number of rotatable bonds is 5. The minimum absolute atomic E-state index is 0.376. The average molecular weight is 232 g/mol. The minimum Gasteiger partial charge on any atom is -0.491 e. The van der Waals surface area contributed by atoms with Gasteiger partial charge in [0.2, 0.25) is 0 Å². The first-order valence-electron chi connectivity index (χ1n) is 5.67. The molecule has 0 fully saturated rings. The lowest BCUT2D eigenvalue weighted by atomic mass is 10.1. The zero-order chi connectivity index (χ0) is 12.1. The van der Waals surface area contributed by atoms with Crippen LogP contribution in [0.1, 0.15) is 6.92 Å². The molecule has 1 atom stereocenters. The van der Waals surface area contributed by atoms with Crippen molar-refractivity contribution in [2.75, 3.05) is 13.2 Å². The molecule has 0 aliphatic rings. The average Bonchev–Trinajstić information content (AvgIpc) is 2.34. The summed E-state index contributed by atoms with van der Waals surface area (Å²) >= 11 is 0. The van der Waals surface area contributed by atoms with Crippen molar-refractivity contribution in [2.45, 2.75) is 13.2 Å². The standard InChI is InChI=1S/C14H16O3/c1-11(15)16-9-10-17-14-8-4-6-12-5-2-3-7-13(12)14/h2-8,11,15H,9-10H2,1H3. The van der Waals surface area contributed by atoms with E-state index < -0.39 is 6.29 Å². The fourth-order valence-corrected chi connectivity index (χ4v) is 1.69. The van der Waals surface area contributed by atoms with Crippen molar-refractivity contribution in [3.8, 4) is 5.75 Å². The third-order valence-corrected chi connectivity index (χ3v) is 2.45. The van der Waals surface area contributed by atoms with Gasteiger partial charge in [0.25, 0.3) is 0 Å². The molecule has 3 heteroatoms. The highest BCUT2D eigenvalue weighted by Gasteiger charge is 2.01. The molecule has 0 amide bonds. The first-order chi connectivity index (χ1) is 8.27. The molecule has 0 radical (unpaired) electrons. The van der Waals surface area contributed by atoms with Gasteiger partial charge in [0.1, 0.15) is 12.4 Å². The van der Waals surface area contributed by atoms with Gasteiger partial charge >= 0.3 is 0 Å². The minimum atomic E-state index is -0.744. The number of hydrogen-bond acceptors (Lipinski definition) is 3. The summed E-state index contributed by atoms with van der Waals surface area (Å²) in [5.41, 5.74) is 0. The maximum Gasteiger partial charge on any atom is 0.151 e. The van der Waals surface area contributed by atoms with Gasteiger partial charge in [0.15, 0.2) is 6.29 Å². The van der Waals surface area contributed by atoms with E-state index in [1.807, 2.05) is 30.3 Å². The summed E-state index contributed by atoms with van der Waals surface area (Å²) in [6, 6.07) is 14.0. The van der Waals surface area contributed by atoms with E-state index in [1.54, 1.807) is 6.92 Å². The van der Waals surface area contributed by atoms with Crippen LogP contribution in [0.5, 0.6) is 5.75 Å². The molecule has 3 nitrogen and oxygen atoms in total. The predicted octanol–water partition coefficient (Wildman–Crippen LogP) is 2.57. The quantitative estimate of drug-likeness (QED) is 0.636. The van der Waals surface area contributed by atoms with Gasteiger partial charge in [-0.3, -0.25) is 0 Å². The number of fused-ring (bicyclic) bond motifs is 1. The molecule has 1 unspecified atom stereocenters. The van der Waals surface area contributed by atoms with Crippen LogP contribution in [-0.2, 0) is 4.74 Å². The zero-order valence-electron chi connectivity index (χ0n) is 9.80. The summed E-state index contributed by atoms with van der Waals surface area (Å²) in [5.74, 6) is 0.845. The fraction of sp³-hybridized carbons (Fsp3) is 0.286. The Morgan fingerprint density at radius 2 is 1.82 bits per heavy atom. The lowest BCUT2D eigenvalue weighted by Gasteiger charge is -2.10. The number of benzene rings is 2. The van der Waals surface area contributed by atoms with E-state index in [9.17, 15) is 0 Å². The highest BCUT2D eigenvalue weighted by Crippen LogP contribution is 2.24. The van der Waals surface area contributed by atoms with Crippen molar-refractivity contribution in [1.82, 2.24) is 0 Å². The maximum absolute atomic E-state index is 8.94. The molecule has 0 spiro atoms. The third-order valence-electron chi connectivity index (χ3n) is 2.45. The molecule has 17 heavy (non-hydrogen) atoms. The number of aliphatic hydroxyl groups excluding tert-OH is 1. The summed E-state index contributed by atoms with van der Waals surface area (Å²) < 4.78 is 10.6. The molecular formula is C14H16O3.